The molecule has 0 amide bonds. The molecule has 4 heteroatoms. The van der Waals surface area contributed by atoms with E-state index in [-0.39, 0.29) is 5.82 Å². The van der Waals surface area contributed by atoms with Gasteiger partial charge in [0.1, 0.15) is 5.82 Å². The number of hydrogen-bond acceptors (Lipinski definition) is 2. The van der Waals surface area contributed by atoms with Crippen LogP contribution in [-0.4, -0.2) is 16.9 Å². The Balaban J connectivity index is 1.96. The van der Waals surface area contributed by atoms with Crippen molar-refractivity contribution in [2.45, 2.75) is 11.4 Å². The van der Waals surface area contributed by atoms with E-state index in [1.165, 1.54) is 27.9 Å². The molecule has 2 aromatic carbocycles. The van der Waals surface area contributed by atoms with E-state index < -0.39 is 0 Å². The lowest BCUT2D eigenvalue weighted by Gasteiger charge is -2.05. The maximum atomic E-state index is 13.0. The summed E-state index contributed by atoms with van der Waals surface area (Å²) in [6, 6.07) is 15.0. The van der Waals surface area contributed by atoms with Crippen LogP contribution < -0.4 is 5.73 Å². The Morgan fingerprint density at radius 2 is 1.81 bits per heavy atom. The second kappa shape index (κ2) is 6.33. The normalized spacial score (nSPS) is 11.1. The van der Waals surface area contributed by atoms with E-state index in [4.69, 9.17) is 5.73 Å². The minimum Gasteiger partial charge on any atom is -0.342 e. The zero-order chi connectivity index (χ0) is 14.7. The van der Waals surface area contributed by atoms with Crippen LogP contribution >= 0.6 is 11.8 Å². The molecule has 21 heavy (non-hydrogen) atoms. The molecular formula is C17H17FN2S. The minimum absolute atomic E-state index is 0.199. The monoisotopic (exact) mass is 300 g/mol. The number of para-hydroxylation sites is 1. The molecule has 1 heterocycles. The van der Waals surface area contributed by atoms with Crippen molar-refractivity contribution in [3.05, 3.63) is 66.1 Å². The van der Waals surface area contributed by atoms with Gasteiger partial charge >= 0.3 is 0 Å². The molecule has 3 rings (SSSR count). The van der Waals surface area contributed by atoms with Crippen molar-refractivity contribution in [2.24, 2.45) is 5.73 Å². The van der Waals surface area contributed by atoms with Gasteiger partial charge in [-0.2, -0.15) is 0 Å². The minimum atomic E-state index is -0.199. The van der Waals surface area contributed by atoms with Crippen molar-refractivity contribution in [1.82, 2.24) is 4.57 Å². The fourth-order valence-electron chi connectivity index (χ4n) is 2.41. The summed E-state index contributed by atoms with van der Waals surface area (Å²) in [7, 11) is 0. The molecule has 0 bridgehead atoms. The van der Waals surface area contributed by atoms with Gasteiger partial charge in [-0.25, -0.2) is 4.39 Å². The van der Waals surface area contributed by atoms with Gasteiger partial charge in [-0.1, -0.05) is 30.3 Å². The van der Waals surface area contributed by atoms with Gasteiger partial charge in [-0.3, -0.25) is 0 Å². The van der Waals surface area contributed by atoms with Gasteiger partial charge in [-0.05, 0) is 23.8 Å². The summed E-state index contributed by atoms with van der Waals surface area (Å²) in [5.41, 5.74) is 7.89. The third kappa shape index (κ3) is 3.12. The SMILES string of the molecule is NCCSc1cn(Cc2ccc(F)cc2)c2ccccc12. The molecule has 0 spiro atoms. The van der Waals surface area contributed by atoms with Gasteiger partial charge < -0.3 is 10.3 Å². The van der Waals surface area contributed by atoms with Crippen molar-refractivity contribution in [1.29, 1.82) is 0 Å². The van der Waals surface area contributed by atoms with E-state index in [1.54, 1.807) is 11.8 Å². The van der Waals surface area contributed by atoms with E-state index >= 15 is 0 Å². The molecule has 3 aromatic rings. The summed E-state index contributed by atoms with van der Waals surface area (Å²) in [4.78, 5) is 1.25. The van der Waals surface area contributed by atoms with Crippen LogP contribution in [-0.2, 0) is 6.54 Å². The van der Waals surface area contributed by atoms with Crippen molar-refractivity contribution in [3.63, 3.8) is 0 Å². The maximum Gasteiger partial charge on any atom is 0.123 e. The predicted octanol–water partition coefficient (Wildman–Crippen LogP) is 3.88. The van der Waals surface area contributed by atoms with Gasteiger partial charge in [-0.15, -0.1) is 11.8 Å². The molecule has 0 saturated heterocycles. The zero-order valence-corrected chi connectivity index (χ0v) is 12.4. The van der Waals surface area contributed by atoms with Gasteiger partial charge in [0.25, 0.3) is 0 Å². The molecule has 0 aliphatic carbocycles. The standard InChI is InChI=1S/C17H17FN2S/c18-14-7-5-13(6-8-14)11-20-12-17(21-10-9-19)15-3-1-2-4-16(15)20/h1-8,12H,9-11,19H2. The lowest BCUT2D eigenvalue weighted by molar-refractivity contribution is 0.626. The first-order valence-corrected chi connectivity index (χ1v) is 7.91. The number of fused-ring (bicyclic) bond motifs is 1. The number of rotatable bonds is 5. The van der Waals surface area contributed by atoms with E-state index in [0.717, 1.165) is 17.9 Å². The Morgan fingerprint density at radius 1 is 1.05 bits per heavy atom. The lowest BCUT2D eigenvalue weighted by atomic mass is 10.2. The summed E-state index contributed by atoms with van der Waals surface area (Å²) >= 11 is 1.78. The smallest absolute Gasteiger partial charge is 0.123 e. The molecule has 0 fully saturated rings. The van der Waals surface area contributed by atoms with Crippen LogP contribution in [0, 0.1) is 5.82 Å². The Hall–Kier alpha value is -1.78. The van der Waals surface area contributed by atoms with Gasteiger partial charge in [0.2, 0.25) is 0 Å². The fourth-order valence-corrected chi connectivity index (χ4v) is 3.28. The molecule has 2 N–H and O–H groups in total. The highest BCUT2D eigenvalue weighted by Gasteiger charge is 2.08. The van der Waals surface area contributed by atoms with Crippen LogP contribution in [0.4, 0.5) is 4.39 Å². The topological polar surface area (TPSA) is 30.9 Å². The van der Waals surface area contributed by atoms with Gasteiger partial charge in [0.05, 0.1) is 0 Å². The molecule has 2 nitrogen and oxygen atoms in total. The summed E-state index contributed by atoms with van der Waals surface area (Å²) in [5.74, 6) is 0.709. The number of nitrogens with two attached hydrogens (primary N) is 1. The van der Waals surface area contributed by atoms with Crippen LogP contribution in [0.1, 0.15) is 5.56 Å². The van der Waals surface area contributed by atoms with Crippen LogP contribution in [0.2, 0.25) is 0 Å². The maximum absolute atomic E-state index is 13.0. The number of hydrogen-bond donors (Lipinski definition) is 1. The average molecular weight is 300 g/mol. The molecule has 1 aromatic heterocycles. The number of halogens is 1. The van der Waals surface area contributed by atoms with Crippen LogP contribution in [0.3, 0.4) is 0 Å². The van der Waals surface area contributed by atoms with Gasteiger partial charge in [0, 0.05) is 40.8 Å². The first-order valence-electron chi connectivity index (χ1n) is 6.93. The molecule has 0 atom stereocenters. The molecule has 0 radical (unpaired) electrons. The van der Waals surface area contributed by atoms with Gasteiger partial charge in [0.15, 0.2) is 0 Å². The summed E-state index contributed by atoms with van der Waals surface area (Å²) in [5, 5.41) is 1.25. The van der Waals surface area contributed by atoms with Crippen molar-refractivity contribution >= 4 is 22.7 Å². The zero-order valence-electron chi connectivity index (χ0n) is 11.6. The summed E-state index contributed by atoms with van der Waals surface area (Å²) < 4.78 is 15.2. The molecule has 0 saturated carbocycles. The van der Waals surface area contributed by atoms with Crippen LogP contribution in [0.15, 0.2) is 59.6 Å². The highest BCUT2D eigenvalue weighted by Crippen LogP contribution is 2.30. The van der Waals surface area contributed by atoms with E-state index in [0.29, 0.717) is 6.54 Å². The Labute approximate surface area is 127 Å². The largest absolute Gasteiger partial charge is 0.342 e. The summed E-state index contributed by atoms with van der Waals surface area (Å²) in [6.45, 7) is 1.41. The highest BCUT2D eigenvalue weighted by atomic mass is 32.2. The molecule has 0 aliphatic rings. The first kappa shape index (κ1) is 14.2. The van der Waals surface area contributed by atoms with E-state index in [1.807, 2.05) is 18.2 Å². The quantitative estimate of drug-likeness (QED) is 0.725. The number of aromatic nitrogens is 1. The number of nitrogens with zero attached hydrogens (tertiary/aromatic N) is 1. The second-order valence-corrected chi connectivity index (χ2v) is 6.04. The van der Waals surface area contributed by atoms with Crippen molar-refractivity contribution in [3.8, 4) is 0 Å². The third-order valence-corrected chi connectivity index (χ3v) is 4.47. The summed E-state index contributed by atoms with van der Waals surface area (Å²) in [6.07, 6.45) is 2.16. The van der Waals surface area contributed by atoms with Crippen LogP contribution in [0.25, 0.3) is 10.9 Å². The number of benzene rings is 2. The average Bonchev–Trinajstić information content (AvgIpc) is 2.86. The Morgan fingerprint density at radius 3 is 2.57 bits per heavy atom. The fraction of sp³-hybridized carbons (Fsp3) is 0.176. The Bertz CT molecular complexity index is 734. The highest BCUT2D eigenvalue weighted by molar-refractivity contribution is 7.99. The number of thioether (sulfide) groups is 1. The predicted molar refractivity (Wildman–Crippen MR) is 87.2 cm³/mol. The molecule has 108 valence electrons. The first-order chi connectivity index (χ1) is 10.3. The van der Waals surface area contributed by atoms with E-state index in [2.05, 4.69) is 29.0 Å². The molecule has 0 aliphatic heterocycles. The lowest BCUT2D eigenvalue weighted by Crippen LogP contribution is -2.00. The third-order valence-electron chi connectivity index (χ3n) is 3.39. The van der Waals surface area contributed by atoms with E-state index in [9.17, 15) is 4.39 Å². The van der Waals surface area contributed by atoms with Crippen LogP contribution in [0.5, 0.6) is 0 Å². The molecule has 0 unspecified atom stereocenters. The second-order valence-electron chi connectivity index (χ2n) is 4.90. The van der Waals surface area contributed by atoms with Crippen molar-refractivity contribution < 1.29 is 4.39 Å². The molecular weight excluding hydrogens is 283 g/mol. The Kier molecular flexibility index (Phi) is 4.27. The van der Waals surface area contributed by atoms with Crippen molar-refractivity contribution in [2.75, 3.05) is 12.3 Å².